The maximum atomic E-state index is 12.2. The van der Waals surface area contributed by atoms with Gasteiger partial charge in [0.15, 0.2) is 0 Å². The molecule has 0 aromatic heterocycles. The van der Waals surface area contributed by atoms with E-state index in [9.17, 15) is 9.90 Å². The van der Waals surface area contributed by atoms with Crippen molar-refractivity contribution in [2.75, 3.05) is 6.54 Å². The molecule has 1 amide bonds. The molecular formula is C15H28N2O2. The van der Waals surface area contributed by atoms with Crippen LogP contribution in [0.25, 0.3) is 0 Å². The summed E-state index contributed by atoms with van der Waals surface area (Å²) in [6.07, 6.45) is 9.10. The van der Waals surface area contributed by atoms with E-state index in [1.807, 2.05) is 0 Å². The Kier molecular flexibility index (Phi) is 5.64. The molecule has 110 valence electrons. The van der Waals surface area contributed by atoms with Crippen molar-refractivity contribution in [2.24, 2.45) is 17.6 Å². The van der Waals surface area contributed by atoms with Gasteiger partial charge in [-0.15, -0.1) is 0 Å². The molecular weight excluding hydrogens is 240 g/mol. The minimum absolute atomic E-state index is 0.0108. The van der Waals surface area contributed by atoms with Gasteiger partial charge in [0.05, 0.1) is 12.0 Å². The Hall–Kier alpha value is -0.610. The van der Waals surface area contributed by atoms with E-state index in [0.29, 0.717) is 5.92 Å². The van der Waals surface area contributed by atoms with E-state index >= 15 is 0 Å². The van der Waals surface area contributed by atoms with Crippen molar-refractivity contribution in [1.29, 1.82) is 0 Å². The van der Waals surface area contributed by atoms with E-state index in [-0.39, 0.29) is 24.0 Å². The fourth-order valence-electron chi connectivity index (χ4n) is 3.39. The van der Waals surface area contributed by atoms with Crippen molar-refractivity contribution in [3.63, 3.8) is 0 Å². The third kappa shape index (κ3) is 4.46. The molecule has 2 aliphatic carbocycles. The number of hydrogen-bond donors (Lipinski definition) is 3. The number of aliphatic hydroxyl groups is 1. The van der Waals surface area contributed by atoms with E-state index in [0.717, 1.165) is 57.9 Å². The van der Waals surface area contributed by atoms with Gasteiger partial charge in [-0.25, -0.2) is 0 Å². The molecule has 4 nitrogen and oxygen atoms in total. The van der Waals surface area contributed by atoms with Crippen LogP contribution in [0.3, 0.4) is 0 Å². The minimum Gasteiger partial charge on any atom is -0.393 e. The first-order chi connectivity index (χ1) is 9.16. The summed E-state index contributed by atoms with van der Waals surface area (Å²) in [5, 5.41) is 12.6. The first-order valence-electron chi connectivity index (χ1n) is 7.88. The molecule has 4 heteroatoms. The zero-order valence-electron chi connectivity index (χ0n) is 11.8. The highest BCUT2D eigenvalue weighted by Gasteiger charge is 2.27. The van der Waals surface area contributed by atoms with E-state index in [2.05, 4.69) is 5.32 Å². The quantitative estimate of drug-likeness (QED) is 0.680. The number of amides is 1. The summed E-state index contributed by atoms with van der Waals surface area (Å²) in [5.74, 6) is 0.701. The summed E-state index contributed by atoms with van der Waals surface area (Å²) in [6.45, 7) is 0.759. The van der Waals surface area contributed by atoms with Crippen LogP contribution in [0.2, 0.25) is 0 Å². The first kappa shape index (κ1) is 14.8. The lowest BCUT2D eigenvalue weighted by atomic mass is 9.87. The lowest BCUT2D eigenvalue weighted by Crippen LogP contribution is -2.43. The second kappa shape index (κ2) is 7.25. The molecule has 0 saturated heterocycles. The van der Waals surface area contributed by atoms with Crippen molar-refractivity contribution in [3.8, 4) is 0 Å². The number of hydrogen-bond acceptors (Lipinski definition) is 3. The van der Waals surface area contributed by atoms with E-state index in [4.69, 9.17) is 5.73 Å². The maximum Gasteiger partial charge on any atom is 0.224 e. The van der Waals surface area contributed by atoms with Gasteiger partial charge in [-0.3, -0.25) is 4.79 Å². The number of nitrogens with two attached hydrogens (primary N) is 1. The van der Waals surface area contributed by atoms with Crippen LogP contribution in [0, 0.1) is 11.8 Å². The van der Waals surface area contributed by atoms with Gasteiger partial charge >= 0.3 is 0 Å². The Balaban J connectivity index is 1.73. The average molecular weight is 268 g/mol. The topological polar surface area (TPSA) is 75.4 Å². The molecule has 19 heavy (non-hydrogen) atoms. The molecule has 4 N–H and O–H groups in total. The lowest BCUT2D eigenvalue weighted by molar-refractivity contribution is -0.126. The molecule has 0 spiro atoms. The van der Waals surface area contributed by atoms with Crippen LogP contribution in [-0.2, 0) is 4.79 Å². The predicted octanol–water partition coefficient (Wildman–Crippen LogP) is 1.56. The molecule has 0 bridgehead atoms. The highest BCUT2D eigenvalue weighted by atomic mass is 16.3. The summed E-state index contributed by atoms with van der Waals surface area (Å²) >= 11 is 0. The van der Waals surface area contributed by atoms with Crippen LogP contribution >= 0.6 is 0 Å². The van der Waals surface area contributed by atoms with Crippen molar-refractivity contribution in [2.45, 2.75) is 69.9 Å². The van der Waals surface area contributed by atoms with Gasteiger partial charge in [0.1, 0.15) is 0 Å². The third-order valence-electron chi connectivity index (χ3n) is 4.79. The van der Waals surface area contributed by atoms with Gasteiger partial charge in [0.25, 0.3) is 0 Å². The number of aliphatic hydroxyl groups excluding tert-OH is 1. The minimum atomic E-state index is -0.123. The lowest BCUT2D eigenvalue weighted by Gasteiger charge is -2.27. The van der Waals surface area contributed by atoms with Gasteiger partial charge in [-0.1, -0.05) is 19.3 Å². The first-order valence-corrected chi connectivity index (χ1v) is 7.88. The Bertz CT molecular complexity index is 288. The zero-order valence-corrected chi connectivity index (χ0v) is 11.8. The number of nitrogens with one attached hydrogen (secondary N) is 1. The number of carbonyl (C=O) groups excluding carboxylic acids is 1. The van der Waals surface area contributed by atoms with Gasteiger partial charge < -0.3 is 16.2 Å². The monoisotopic (exact) mass is 268 g/mol. The van der Waals surface area contributed by atoms with Crippen LogP contribution < -0.4 is 11.1 Å². The second-order valence-corrected chi connectivity index (χ2v) is 6.33. The second-order valence-electron chi connectivity index (χ2n) is 6.33. The van der Waals surface area contributed by atoms with Crippen LogP contribution in [0.1, 0.15) is 57.8 Å². The zero-order chi connectivity index (χ0) is 13.7. The number of carbonyl (C=O) groups is 1. The van der Waals surface area contributed by atoms with E-state index in [1.165, 1.54) is 6.42 Å². The predicted molar refractivity (Wildman–Crippen MR) is 75.5 cm³/mol. The molecule has 0 aliphatic heterocycles. The Morgan fingerprint density at radius 3 is 2.47 bits per heavy atom. The van der Waals surface area contributed by atoms with Crippen molar-refractivity contribution in [3.05, 3.63) is 0 Å². The smallest absolute Gasteiger partial charge is 0.224 e. The fraction of sp³-hybridized carbons (Fsp3) is 0.933. The maximum absolute atomic E-state index is 12.2. The molecule has 0 aromatic carbocycles. The molecule has 2 aliphatic rings. The summed E-state index contributed by atoms with van der Waals surface area (Å²) in [4.78, 5) is 12.2. The summed E-state index contributed by atoms with van der Waals surface area (Å²) in [7, 11) is 0. The SMILES string of the molecule is NC1CCCCCC1C(=O)NCC1CCC(O)CC1. The highest BCUT2D eigenvalue weighted by molar-refractivity contribution is 5.79. The Morgan fingerprint density at radius 2 is 1.74 bits per heavy atom. The van der Waals surface area contributed by atoms with Gasteiger partial charge in [-0.2, -0.15) is 0 Å². The normalized spacial score (nSPS) is 36.5. The highest BCUT2D eigenvalue weighted by Crippen LogP contribution is 2.25. The van der Waals surface area contributed by atoms with Crippen molar-refractivity contribution < 1.29 is 9.90 Å². The van der Waals surface area contributed by atoms with Crippen molar-refractivity contribution in [1.82, 2.24) is 5.32 Å². The van der Waals surface area contributed by atoms with Gasteiger partial charge in [-0.05, 0) is 44.4 Å². The summed E-state index contributed by atoms with van der Waals surface area (Å²) in [5.41, 5.74) is 6.11. The fourth-order valence-corrected chi connectivity index (χ4v) is 3.39. The molecule has 0 heterocycles. The Labute approximate surface area is 116 Å². The molecule has 2 fully saturated rings. The van der Waals surface area contributed by atoms with Crippen LogP contribution in [-0.4, -0.2) is 29.7 Å². The summed E-state index contributed by atoms with van der Waals surface area (Å²) in [6, 6.07) is 0.0377. The van der Waals surface area contributed by atoms with E-state index in [1.54, 1.807) is 0 Å². The van der Waals surface area contributed by atoms with Crippen LogP contribution in [0.5, 0.6) is 0 Å². The average Bonchev–Trinajstić information content (AvgIpc) is 2.62. The molecule has 0 radical (unpaired) electrons. The standard InChI is InChI=1S/C15H28N2O2/c16-14-5-3-1-2-4-13(14)15(19)17-10-11-6-8-12(18)9-7-11/h11-14,18H,1-10,16H2,(H,17,19). The molecule has 2 unspecified atom stereocenters. The Morgan fingerprint density at radius 1 is 1.05 bits per heavy atom. The molecule has 0 aromatic rings. The molecule has 2 rings (SSSR count). The van der Waals surface area contributed by atoms with Crippen LogP contribution in [0.4, 0.5) is 0 Å². The number of rotatable bonds is 3. The third-order valence-corrected chi connectivity index (χ3v) is 4.79. The molecule has 2 saturated carbocycles. The van der Waals surface area contributed by atoms with Gasteiger partial charge in [0.2, 0.25) is 5.91 Å². The van der Waals surface area contributed by atoms with Crippen molar-refractivity contribution >= 4 is 5.91 Å². The summed E-state index contributed by atoms with van der Waals surface area (Å²) < 4.78 is 0. The largest absolute Gasteiger partial charge is 0.393 e. The van der Waals surface area contributed by atoms with E-state index < -0.39 is 0 Å². The van der Waals surface area contributed by atoms with Crippen LogP contribution in [0.15, 0.2) is 0 Å². The van der Waals surface area contributed by atoms with Gasteiger partial charge in [0, 0.05) is 12.6 Å². The molecule has 2 atom stereocenters.